The first-order valence-corrected chi connectivity index (χ1v) is 8.08. The van der Waals surface area contributed by atoms with Crippen LogP contribution in [0.25, 0.3) is 0 Å². The first-order chi connectivity index (χ1) is 7.86. The number of nitrogens with zero attached hydrogens (tertiary/aromatic N) is 1. The molecule has 0 unspecified atom stereocenters. The van der Waals surface area contributed by atoms with Gasteiger partial charge in [-0.25, -0.2) is 8.42 Å². The van der Waals surface area contributed by atoms with Crippen LogP contribution in [0.5, 0.6) is 0 Å². The second kappa shape index (κ2) is 6.16. The van der Waals surface area contributed by atoms with E-state index < -0.39 is 10.0 Å². The number of hydrogen-bond acceptors (Lipinski definition) is 3. The van der Waals surface area contributed by atoms with E-state index in [1.165, 1.54) is 0 Å². The summed E-state index contributed by atoms with van der Waals surface area (Å²) in [6.45, 7) is 8.96. The highest BCUT2D eigenvalue weighted by Crippen LogP contribution is 2.27. The molecule has 0 bridgehead atoms. The van der Waals surface area contributed by atoms with Gasteiger partial charge in [-0.1, -0.05) is 13.8 Å². The lowest BCUT2D eigenvalue weighted by Crippen LogP contribution is -2.38. The summed E-state index contributed by atoms with van der Waals surface area (Å²) in [7, 11) is -3.14. The van der Waals surface area contributed by atoms with Crippen molar-refractivity contribution in [1.82, 2.24) is 4.31 Å². The highest BCUT2D eigenvalue weighted by molar-refractivity contribution is 7.89. The predicted molar refractivity (Wildman–Crippen MR) is 69.4 cm³/mol. The Morgan fingerprint density at radius 1 is 1.41 bits per heavy atom. The summed E-state index contributed by atoms with van der Waals surface area (Å²) in [5.41, 5.74) is 0. The van der Waals surface area contributed by atoms with Crippen molar-refractivity contribution in [3.8, 4) is 0 Å². The van der Waals surface area contributed by atoms with Crippen LogP contribution in [0.4, 0.5) is 0 Å². The molecule has 2 atom stereocenters. The largest absolute Gasteiger partial charge is 0.378 e. The van der Waals surface area contributed by atoms with Crippen molar-refractivity contribution in [2.24, 2.45) is 5.92 Å². The Kier molecular flexibility index (Phi) is 5.41. The van der Waals surface area contributed by atoms with Gasteiger partial charge in [-0.15, -0.1) is 0 Å². The van der Waals surface area contributed by atoms with E-state index in [9.17, 15) is 8.42 Å². The maximum atomic E-state index is 12.2. The first kappa shape index (κ1) is 14.9. The Hall–Kier alpha value is -0.130. The molecule has 1 heterocycles. The van der Waals surface area contributed by atoms with E-state index in [1.807, 2.05) is 13.8 Å². The van der Waals surface area contributed by atoms with Crippen LogP contribution in [-0.2, 0) is 14.8 Å². The zero-order chi connectivity index (χ0) is 13.1. The minimum Gasteiger partial charge on any atom is -0.378 e. The highest BCUT2D eigenvalue weighted by atomic mass is 32.2. The summed E-state index contributed by atoms with van der Waals surface area (Å²) in [5.74, 6) is 0.578. The lowest BCUT2D eigenvalue weighted by atomic mass is 10.1. The van der Waals surface area contributed by atoms with Crippen LogP contribution in [0.3, 0.4) is 0 Å². The summed E-state index contributed by atoms with van der Waals surface area (Å²) in [6, 6.07) is 0.189. The summed E-state index contributed by atoms with van der Waals surface area (Å²) in [5, 5.41) is 0. The van der Waals surface area contributed by atoms with Gasteiger partial charge < -0.3 is 4.74 Å². The Balaban J connectivity index is 2.57. The van der Waals surface area contributed by atoms with Gasteiger partial charge in [-0.3, -0.25) is 0 Å². The summed E-state index contributed by atoms with van der Waals surface area (Å²) in [4.78, 5) is 0. The highest BCUT2D eigenvalue weighted by Gasteiger charge is 2.36. The molecule has 0 aromatic rings. The Morgan fingerprint density at radius 3 is 2.59 bits per heavy atom. The van der Waals surface area contributed by atoms with Crippen LogP contribution in [-0.4, -0.2) is 43.8 Å². The molecule has 5 heteroatoms. The standard InChI is InChI=1S/C12H25NO3S/c1-5-12-8-11(4)9-13(12)17(14,15)7-6-16-10(2)3/h10-12H,5-9H2,1-4H3/t11-,12+/m0/s1. The van der Waals surface area contributed by atoms with Crippen molar-refractivity contribution < 1.29 is 13.2 Å². The van der Waals surface area contributed by atoms with Crippen molar-refractivity contribution in [1.29, 1.82) is 0 Å². The zero-order valence-electron chi connectivity index (χ0n) is 11.3. The van der Waals surface area contributed by atoms with Gasteiger partial charge >= 0.3 is 0 Å². The van der Waals surface area contributed by atoms with Crippen molar-refractivity contribution >= 4 is 10.0 Å². The number of ether oxygens (including phenoxy) is 1. The molecule has 0 aromatic carbocycles. The first-order valence-electron chi connectivity index (χ1n) is 6.48. The number of rotatable bonds is 6. The monoisotopic (exact) mass is 263 g/mol. The maximum absolute atomic E-state index is 12.2. The quantitative estimate of drug-likeness (QED) is 0.735. The lowest BCUT2D eigenvalue weighted by molar-refractivity contribution is 0.0906. The molecule has 1 aliphatic heterocycles. The molecule has 0 spiro atoms. The lowest BCUT2D eigenvalue weighted by Gasteiger charge is -2.23. The predicted octanol–water partition coefficient (Wildman–Crippen LogP) is 1.86. The Labute approximate surface area is 105 Å². The minimum absolute atomic E-state index is 0.0877. The molecular formula is C12H25NO3S. The fraction of sp³-hybridized carbons (Fsp3) is 1.00. The van der Waals surface area contributed by atoms with Crippen LogP contribution in [0.2, 0.25) is 0 Å². The number of hydrogen-bond donors (Lipinski definition) is 0. The second-order valence-corrected chi connectivity index (χ2v) is 7.25. The Bertz CT molecular complexity index is 327. The van der Waals surface area contributed by atoms with E-state index in [0.717, 1.165) is 12.8 Å². The van der Waals surface area contributed by atoms with Crippen LogP contribution in [0, 0.1) is 5.92 Å². The molecule has 4 nitrogen and oxygen atoms in total. The van der Waals surface area contributed by atoms with E-state index in [0.29, 0.717) is 19.1 Å². The van der Waals surface area contributed by atoms with Gasteiger partial charge in [-0.05, 0) is 32.6 Å². The van der Waals surface area contributed by atoms with Gasteiger partial charge in [0.05, 0.1) is 18.5 Å². The molecule has 1 fully saturated rings. The fourth-order valence-corrected chi connectivity index (χ4v) is 4.04. The molecule has 0 amide bonds. The van der Waals surface area contributed by atoms with E-state index in [-0.39, 0.29) is 17.9 Å². The third-order valence-corrected chi connectivity index (χ3v) is 5.04. The molecule has 0 saturated carbocycles. The fourth-order valence-electron chi connectivity index (χ4n) is 2.33. The molecule has 1 rings (SSSR count). The Morgan fingerprint density at radius 2 is 2.06 bits per heavy atom. The summed E-state index contributed by atoms with van der Waals surface area (Å²) >= 11 is 0. The molecular weight excluding hydrogens is 238 g/mol. The molecule has 0 aliphatic carbocycles. The van der Waals surface area contributed by atoms with Gasteiger partial charge in [0.1, 0.15) is 0 Å². The van der Waals surface area contributed by atoms with Gasteiger partial charge in [0.15, 0.2) is 0 Å². The molecule has 17 heavy (non-hydrogen) atoms. The van der Waals surface area contributed by atoms with Crippen molar-refractivity contribution in [3.63, 3.8) is 0 Å². The van der Waals surface area contributed by atoms with Crippen molar-refractivity contribution in [2.75, 3.05) is 18.9 Å². The molecule has 0 aromatic heterocycles. The van der Waals surface area contributed by atoms with Crippen LogP contribution in [0.15, 0.2) is 0 Å². The smallest absolute Gasteiger partial charge is 0.216 e. The van der Waals surface area contributed by atoms with Crippen molar-refractivity contribution in [2.45, 2.75) is 52.7 Å². The molecule has 0 N–H and O–H groups in total. The third-order valence-electron chi connectivity index (χ3n) is 3.19. The number of sulfonamides is 1. The zero-order valence-corrected chi connectivity index (χ0v) is 12.2. The second-order valence-electron chi connectivity index (χ2n) is 5.21. The average Bonchev–Trinajstić information content (AvgIpc) is 2.59. The van der Waals surface area contributed by atoms with Crippen LogP contribution >= 0.6 is 0 Å². The van der Waals surface area contributed by atoms with Gasteiger partial charge in [0.25, 0.3) is 0 Å². The summed E-state index contributed by atoms with van der Waals surface area (Å²) in [6.07, 6.45) is 1.97. The normalized spacial score (nSPS) is 26.9. The third kappa shape index (κ3) is 4.23. The van der Waals surface area contributed by atoms with E-state index in [1.54, 1.807) is 4.31 Å². The molecule has 102 valence electrons. The van der Waals surface area contributed by atoms with E-state index in [2.05, 4.69) is 13.8 Å². The maximum Gasteiger partial charge on any atom is 0.216 e. The molecule has 1 aliphatic rings. The van der Waals surface area contributed by atoms with Gasteiger partial charge in [0.2, 0.25) is 10.0 Å². The van der Waals surface area contributed by atoms with Gasteiger partial charge in [0, 0.05) is 12.6 Å². The van der Waals surface area contributed by atoms with Gasteiger partial charge in [-0.2, -0.15) is 4.31 Å². The average molecular weight is 263 g/mol. The minimum atomic E-state index is -3.14. The van der Waals surface area contributed by atoms with Crippen LogP contribution in [0.1, 0.15) is 40.5 Å². The van der Waals surface area contributed by atoms with Crippen LogP contribution < -0.4 is 0 Å². The molecule has 1 saturated heterocycles. The van der Waals surface area contributed by atoms with E-state index >= 15 is 0 Å². The van der Waals surface area contributed by atoms with Crippen molar-refractivity contribution in [3.05, 3.63) is 0 Å². The molecule has 0 radical (unpaired) electrons. The summed E-state index contributed by atoms with van der Waals surface area (Å²) < 4.78 is 31.4. The SMILES string of the molecule is CC[C@@H]1C[C@H](C)CN1S(=O)(=O)CCOC(C)C. The van der Waals surface area contributed by atoms with E-state index in [4.69, 9.17) is 4.74 Å². The topological polar surface area (TPSA) is 46.6 Å².